The Morgan fingerprint density at radius 1 is 1.12 bits per heavy atom. The fourth-order valence-corrected chi connectivity index (χ4v) is 3.06. The number of rotatable bonds is 4. The summed E-state index contributed by atoms with van der Waals surface area (Å²) in [6, 6.07) is 17.1. The van der Waals surface area contributed by atoms with Crippen molar-refractivity contribution >= 4 is 11.6 Å². The standard InChI is InChI=1S/C19H17N3O3/c1-24-16-10-6-5-9-15(16)22-12-14(11-17(22)23)18-20-19(25-21-18)13-7-3-2-4-8-13/h2-10,14H,11-12H2,1H3. The molecule has 126 valence electrons. The summed E-state index contributed by atoms with van der Waals surface area (Å²) in [6.07, 6.45) is 0.353. The van der Waals surface area contributed by atoms with Crippen LogP contribution in [0.5, 0.6) is 5.75 Å². The van der Waals surface area contributed by atoms with Crippen molar-refractivity contribution < 1.29 is 14.1 Å². The molecule has 4 rings (SSSR count). The Labute approximate surface area is 145 Å². The molecule has 0 bridgehead atoms. The van der Waals surface area contributed by atoms with Crippen LogP contribution in [0.4, 0.5) is 5.69 Å². The molecule has 6 heteroatoms. The lowest BCUT2D eigenvalue weighted by Gasteiger charge is -2.18. The van der Waals surface area contributed by atoms with Crippen LogP contribution in [-0.2, 0) is 4.79 Å². The predicted octanol–water partition coefficient (Wildman–Crippen LogP) is 3.27. The van der Waals surface area contributed by atoms with Crippen molar-refractivity contribution in [1.29, 1.82) is 0 Å². The van der Waals surface area contributed by atoms with E-state index < -0.39 is 0 Å². The second-order valence-electron chi connectivity index (χ2n) is 5.90. The van der Waals surface area contributed by atoms with Crippen LogP contribution in [0, 0.1) is 0 Å². The fourth-order valence-electron chi connectivity index (χ4n) is 3.06. The Morgan fingerprint density at radius 3 is 2.68 bits per heavy atom. The van der Waals surface area contributed by atoms with Gasteiger partial charge < -0.3 is 14.2 Å². The van der Waals surface area contributed by atoms with Crippen LogP contribution in [0.1, 0.15) is 18.2 Å². The summed E-state index contributed by atoms with van der Waals surface area (Å²) >= 11 is 0. The first-order valence-electron chi connectivity index (χ1n) is 8.08. The summed E-state index contributed by atoms with van der Waals surface area (Å²) in [5.41, 5.74) is 1.64. The van der Waals surface area contributed by atoms with Crippen molar-refractivity contribution in [3.63, 3.8) is 0 Å². The zero-order valence-corrected chi connectivity index (χ0v) is 13.8. The number of hydrogen-bond donors (Lipinski definition) is 0. The van der Waals surface area contributed by atoms with Crippen molar-refractivity contribution in [3.8, 4) is 17.2 Å². The van der Waals surface area contributed by atoms with Gasteiger partial charge in [0.1, 0.15) is 5.75 Å². The summed E-state index contributed by atoms with van der Waals surface area (Å²) in [4.78, 5) is 18.7. The number of carbonyl (C=O) groups is 1. The number of aromatic nitrogens is 2. The summed E-state index contributed by atoms with van der Waals surface area (Å²) < 4.78 is 10.7. The Balaban J connectivity index is 1.58. The molecule has 6 nitrogen and oxygen atoms in total. The summed E-state index contributed by atoms with van der Waals surface area (Å²) in [7, 11) is 1.60. The molecule has 0 N–H and O–H groups in total. The van der Waals surface area contributed by atoms with Crippen LogP contribution in [-0.4, -0.2) is 29.7 Å². The van der Waals surface area contributed by atoms with Crippen molar-refractivity contribution in [2.45, 2.75) is 12.3 Å². The highest BCUT2D eigenvalue weighted by atomic mass is 16.5. The first kappa shape index (κ1) is 15.4. The zero-order chi connectivity index (χ0) is 17.2. The Kier molecular flexibility index (Phi) is 3.93. The smallest absolute Gasteiger partial charge is 0.257 e. The van der Waals surface area contributed by atoms with E-state index in [0.29, 0.717) is 30.4 Å². The molecule has 1 unspecified atom stereocenters. The Bertz CT molecular complexity index is 892. The highest BCUT2D eigenvalue weighted by molar-refractivity contribution is 5.97. The first-order chi connectivity index (χ1) is 12.3. The number of ether oxygens (including phenoxy) is 1. The molecule has 1 aliphatic rings. The molecular formula is C19H17N3O3. The average Bonchev–Trinajstić information content (AvgIpc) is 3.29. The molecule has 0 spiro atoms. The van der Waals surface area contributed by atoms with Gasteiger partial charge in [-0.05, 0) is 24.3 Å². The Hall–Kier alpha value is -3.15. The SMILES string of the molecule is COc1ccccc1N1CC(c2noc(-c3ccccc3)n2)CC1=O. The molecular weight excluding hydrogens is 318 g/mol. The third-order valence-electron chi connectivity index (χ3n) is 4.33. The van der Waals surface area contributed by atoms with Gasteiger partial charge in [-0.25, -0.2) is 0 Å². The van der Waals surface area contributed by atoms with E-state index in [1.165, 1.54) is 0 Å². The van der Waals surface area contributed by atoms with E-state index in [1.54, 1.807) is 12.0 Å². The Morgan fingerprint density at radius 2 is 1.88 bits per heavy atom. The molecule has 3 aromatic rings. The second-order valence-corrected chi connectivity index (χ2v) is 5.90. The maximum Gasteiger partial charge on any atom is 0.257 e. The third-order valence-corrected chi connectivity index (χ3v) is 4.33. The van der Waals surface area contributed by atoms with Gasteiger partial charge in [-0.1, -0.05) is 35.5 Å². The zero-order valence-electron chi connectivity index (χ0n) is 13.8. The van der Waals surface area contributed by atoms with E-state index in [9.17, 15) is 4.79 Å². The van der Waals surface area contributed by atoms with Crippen LogP contribution in [0.15, 0.2) is 59.1 Å². The number of para-hydroxylation sites is 2. The monoisotopic (exact) mass is 335 g/mol. The van der Waals surface area contributed by atoms with Crippen molar-refractivity contribution in [2.24, 2.45) is 0 Å². The van der Waals surface area contributed by atoms with E-state index >= 15 is 0 Å². The topological polar surface area (TPSA) is 68.5 Å². The summed E-state index contributed by atoms with van der Waals surface area (Å²) in [5, 5.41) is 4.08. The molecule has 1 aromatic heterocycles. The second kappa shape index (κ2) is 6.39. The summed E-state index contributed by atoms with van der Waals surface area (Å²) in [6.45, 7) is 0.507. The van der Waals surface area contributed by atoms with E-state index in [0.717, 1.165) is 11.3 Å². The molecule has 2 aromatic carbocycles. The highest BCUT2D eigenvalue weighted by Gasteiger charge is 2.35. The van der Waals surface area contributed by atoms with Gasteiger partial charge in [-0.3, -0.25) is 4.79 Å². The van der Waals surface area contributed by atoms with Gasteiger partial charge in [0.15, 0.2) is 5.82 Å². The summed E-state index contributed by atoms with van der Waals surface area (Å²) in [5.74, 6) is 1.64. The molecule has 0 radical (unpaired) electrons. The molecule has 1 aliphatic heterocycles. The minimum atomic E-state index is -0.0985. The molecule has 2 heterocycles. The molecule has 0 aliphatic carbocycles. The number of amides is 1. The number of nitrogens with zero attached hydrogens (tertiary/aromatic N) is 3. The molecule has 0 saturated carbocycles. The van der Waals surface area contributed by atoms with Gasteiger partial charge in [0.25, 0.3) is 5.89 Å². The third kappa shape index (κ3) is 2.87. The highest BCUT2D eigenvalue weighted by Crippen LogP contribution is 2.35. The number of anilines is 1. The number of benzene rings is 2. The van der Waals surface area contributed by atoms with E-state index in [-0.39, 0.29) is 11.8 Å². The lowest BCUT2D eigenvalue weighted by molar-refractivity contribution is -0.117. The molecule has 1 atom stereocenters. The van der Waals surface area contributed by atoms with Crippen molar-refractivity contribution in [1.82, 2.24) is 10.1 Å². The molecule has 25 heavy (non-hydrogen) atoms. The van der Waals surface area contributed by atoms with Crippen LogP contribution in [0.25, 0.3) is 11.5 Å². The molecule has 1 amide bonds. The van der Waals surface area contributed by atoms with Crippen LogP contribution >= 0.6 is 0 Å². The van der Waals surface area contributed by atoms with Gasteiger partial charge in [0.2, 0.25) is 5.91 Å². The van der Waals surface area contributed by atoms with Crippen LogP contribution in [0.2, 0.25) is 0 Å². The van der Waals surface area contributed by atoms with E-state index in [2.05, 4.69) is 10.1 Å². The lowest BCUT2D eigenvalue weighted by atomic mass is 10.1. The fraction of sp³-hybridized carbons (Fsp3) is 0.211. The minimum absolute atomic E-state index is 0.0283. The quantitative estimate of drug-likeness (QED) is 0.732. The molecule has 1 fully saturated rings. The number of hydrogen-bond acceptors (Lipinski definition) is 5. The van der Waals surface area contributed by atoms with Crippen molar-refractivity contribution in [2.75, 3.05) is 18.6 Å². The largest absolute Gasteiger partial charge is 0.495 e. The van der Waals surface area contributed by atoms with Gasteiger partial charge >= 0.3 is 0 Å². The predicted molar refractivity (Wildman–Crippen MR) is 92.4 cm³/mol. The lowest BCUT2D eigenvalue weighted by Crippen LogP contribution is -2.24. The maximum absolute atomic E-state index is 12.5. The normalized spacial score (nSPS) is 17.1. The van der Waals surface area contributed by atoms with Gasteiger partial charge in [0.05, 0.1) is 12.8 Å². The van der Waals surface area contributed by atoms with E-state index in [4.69, 9.17) is 9.26 Å². The van der Waals surface area contributed by atoms with Crippen LogP contribution in [0.3, 0.4) is 0 Å². The van der Waals surface area contributed by atoms with Gasteiger partial charge in [-0.15, -0.1) is 0 Å². The average molecular weight is 335 g/mol. The number of methoxy groups -OCH3 is 1. The van der Waals surface area contributed by atoms with E-state index in [1.807, 2.05) is 54.6 Å². The number of carbonyl (C=O) groups excluding carboxylic acids is 1. The van der Waals surface area contributed by atoms with Gasteiger partial charge in [-0.2, -0.15) is 4.98 Å². The van der Waals surface area contributed by atoms with Crippen LogP contribution < -0.4 is 9.64 Å². The van der Waals surface area contributed by atoms with Crippen molar-refractivity contribution in [3.05, 3.63) is 60.4 Å². The molecule has 1 saturated heterocycles. The minimum Gasteiger partial charge on any atom is -0.495 e. The van der Waals surface area contributed by atoms with Gasteiger partial charge in [0, 0.05) is 24.4 Å². The first-order valence-corrected chi connectivity index (χ1v) is 8.08. The maximum atomic E-state index is 12.5.